The van der Waals surface area contributed by atoms with Gasteiger partial charge in [0.15, 0.2) is 14.6 Å². The molecule has 0 saturated carbocycles. The van der Waals surface area contributed by atoms with Gasteiger partial charge in [-0.25, -0.2) is 13.4 Å². The summed E-state index contributed by atoms with van der Waals surface area (Å²) in [6.07, 6.45) is 6.54. The standard InChI is InChI=1S/C15H15NO4S2/c1-4-10-5-6-11-12(9-10)21-13(16-11)7-8-15(2,14(17)18)22(3,19)20/h1,5-6,9H,7-8H2,2-3H3,(H,17,18)/t15-/m1/s1. The van der Waals surface area contributed by atoms with Crippen molar-refractivity contribution in [2.45, 2.75) is 24.5 Å². The Morgan fingerprint density at radius 2 is 2.18 bits per heavy atom. The van der Waals surface area contributed by atoms with E-state index in [0.29, 0.717) is 5.01 Å². The summed E-state index contributed by atoms with van der Waals surface area (Å²) in [5.41, 5.74) is 1.52. The molecular formula is C15H15NO4S2. The molecule has 0 bridgehead atoms. The highest BCUT2D eigenvalue weighted by molar-refractivity contribution is 7.92. The lowest BCUT2D eigenvalue weighted by atomic mass is 10.1. The summed E-state index contributed by atoms with van der Waals surface area (Å²) in [7, 11) is -3.72. The van der Waals surface area contributed by atoms with Gasteiger partial charge >= 0.3 is 5.97 Å². The van der Waals surface area contributed by atoms with E-state index < -0.39 is 20.6 Å². The minimum Gasteiger partial charge on any atom is -0.480 e. The van der Waals surface area contributed by atoms with Crippen molar-refractivity contribution in [1.29, 1.82) is 0 Å². The zero-order valence-electron chi connectivity index (χ0n) is 12.2. The lowest BCUT2D eigenvalue weighted by Crippen LogP contribution is -2.43. The molecule has 0 aliphatic carbocycles. The number of aryl methyl sites for hydroxylation is 1. The third-order valence-corrected chi connectivity index (χ3v) is 6.78. The fourth-order valence-electron chi connectivity index (χ4n) is 1.97. The van der Waals surface area contributed by atoms with Crippen molar-refractivity contribution in [3.05, 3.63) is 28.8 Å². The maximum absolute atomic E-state index is 11.8. The summed E-state index contributed by atoms with van der Waals surface area (Å²) in [6, 6.07) is 5.42. The fraction of sp³-hybridized carbons (Fsp3) is 0.333. The van der Waals surface area contributed by atoms with Crippen LogP contribution in [0.5, 0.6) is 0 Å². The van der Waals surface area contributed by atoms with E-state index in [1.165, 1.54) is 18.3 Å². The van der Waals surface area contributed by atoms with E-state index in [0.717, 1.165) is 22.0 Å². The van der Waals surface area contributed by atoms with Gasteiger partial charge in [0.2, 0.25) is 0 Å². The topological polar surface area (TPSA) is 84.3 Å². The van der Waals surface area contributed by atoms with E-state index in [9.17, 15) is 18.3 Å². The van der Waals surface area contributed by atoms with Crippen molar-refractivity contribution in [2.24, 2.45) is 0 Å². The predicted octanol–water partition coefficient (Wildman–Crippen LogP) is 2.10. The maximum Gasteiger partial charge on any atom is 0.324 e. The van der Waals surface area contributed by atoms with Gasteiger partial charge in [-0.2, -0.15) is 0 Å². The first-order chi connectivity index (χ1) is 10.2. The Hall–Kier alpha value is -1.91. The zero-order valence-corrected chi connectivity index (χ0v) is 13.8. The van der Waals surface area contributed by atoms with Gasteiger partial charge in [0.1, 0.15) is 0 Å². The molecule has 116 valence electrons. The number of nitrogens with zero attached hydrogens (tertiary/aromatic N) is 1. The molecule has 22 heavy (non-hydrogen) atoms. The first-order valence-corrected chi connectivity index (χ1v) is 9.17. The number of aliphatic carboxylic acids is 1. The molecule has 0 aliphatic heterocycles. The number of rotatable bonds is 5. The van der Waals surface area contributed by atoms with Crippen molar-refractivity contribution >= 4 is 37.4 Å². The average Bonchev–Trinajstić information content (AvgIpc) is 2.84. The molecule has 1 aromatic heterocycles. The highest BCUT2D eigenvalue weighted by Gasteiger charge is 2.43. The first-order valence-electron chi connectivity index (χ1n) is 6.46. The first kappa shape index (κ1) is 16.5. The monoisotopic (exact) mass is 337 g/mol. The van der Waals surface area contributed by atoms with Crippen LogP contribution in [-0.2, 0) is 21.1 Å². The zero-order chi connectivity index (χ0) is 16.5. The molecule has 1 N–H and O–H groups in total. The highest BCUT2D eigenvalue weighted by atomic mass is 32.2. The average molecular weight is 337 g/mol. The van der Waals surface area contributed by atoms with E-state index in [4.69, 9.17) is 6.42 Å². The van der Waals surface area contributed by atoms with Crippen LogP contribution in [0, 0.1) is 12.3 Å². The molecule has 0 unspecified atom stereocenters. The lowest BCUT2D eigenvalue weighted by Gasteiger charge is -2.21. The molecule has 1 atom stereocenters. The summed E-state index contributed by atoms with van der Waals surface area (Å²) < 4.78 is 22.6. The van der Waals surface area contributed by atoms with Gasteiger partial charge in [0.05, 0.1) is 15.2 Å². The summed E-state index contributed by atoms with van der Waals surface area (Å²) in [5, 5.41) is 9.93. The van der Waals surface area contributed by atoms with Crippen LogP contribution in [0.2, 0.25) is 0 Å². The van der Waals surface area contributed by atoms with Crippen LogP contribution >= 0.6 is 11.3 Å². The summed E-state index contributed by atoms with van der Waals surface area (Å²) in [5.74, 6) is 1.20. The molecule has 0 radical (unpaired) electrons. The Morgan fingerprint density at radius 1 is 1.50 bits per heavy atom. The third kappa shape index (κ3) is 2.98. The fourth-order valence-corrected chi connectivity index (χ4v) is 3.76. The van der Waals surface area contributed by atoms with Gasteiger partial charge in [-0.1, -0.05) is 5.92 Å². The number of hydrogen-bond acceptors (Lipinski definition) is 5. The smallest absolute Gasteiger partial charge is 0.324 e. The largest absolute Gasteiger partial charge is 0.480 e. The number of thiazole rings is 1. The molecule has 0 spiro atoms. The van der Waals surface area contributed by atoms with Gasteiger partial charge < -0.3 is 5.11 Å². The SMILES string of the molecule is C#Cc1ccc2nc(CC[C@](C)(C(=O)O)S(C)(=O)=O)sc2c1. The van der Waals surface area contributed by atoms with E-state index >= 15 is 0 Å². The molecule has 5 nitrogen and oxygen atoms in total. The second-order valence-corrected chi connectivity index (χ2v) is 8.80. The van der Waals surface area contributed by atoms with Crippen molar-refractivity contribution in [3.63, 3.8) is 0 Å². The van der Waals surface area contributed by atoms with Gasteiger partial charge in [0.25, 0.3) is 0 Å². The number of benzene rings is 1. The van der Waals surface area contributed by atoms with Crippen LogP contribution in [0.3, 0.4) is 0 Å². The molecule has 1 aromatic carbocycles. The quantitative estimate of drug-likeness (QED) is 0.845. The van der Waals surface area contributed by atoms with Crippen molar-refractivity contribution < 1.29 is 18.3 Å². The Balaban J connectivity index is 2.28. The number of sulfone groups is 1. The van der Waals surface area contributed by atoms with Gasteiger partial charge in [-0.05, 0) is 31.5 Å². The predicted molar refractivity (Wildman–Crippen MR) is 86.8 cm³/mol. The highest BCUT2D eigenvalue weighted by Crippen LogP contribution is 2.28. The molecule has 7 heteroatoms. The maximum atomic E-state index is 11.8. The number of carboxylic acids is 1. The van der Waals surface area contributed by atoms with Crippen molar-refractivity contribution in [3.8, 4) is 12.3 Å². The van der Waals surface area contributed by atoms with Gasteiger partial charge in [-0.3, -0.25) is 4.79 Å². The summed E-state index contributed by atoms with van der Waals surface area (Å²) in [6.45, 7) is 1.23. The number of fused-ring (bicyclic) bond motifs is 1. The summed E-state index contributed by atoms with van der Waals surface area (Å²) >= 11 is 1.40. The van der Waals surface area contributed by atoms with E-state index in [2.05, 4.69) is 10.9 Å². The third-order valence-electron chi connectivity index (χ3n) is 3.69. The van der Waals surface area contributed by atoms with Crippen LogP contribution < -0.4 is 0 Å². The van der Waals surface area contributed by atoms with Crippen molar-refractivity contribution in [2.75, 3.05) is 6.26 Å². The molecule has 2 rings (SSSR count). The number of carboxylic acid groups (broad SMARTS) is 1. The van der Waals surface area contributed by atoms with Crippen LogP contribution in [0.25, 0.3) is 10.2 Å². The summed E-state index contributed by atoms with van der Waals surface area (Å²) in [4.78, 5) is 15.7. The number of terminal acetylenes is 1. The van der Waals surface area contributed by atoms with Crippen LogP contribution in [-0.4, -0.2) is 35.5 Å². The molecule has 2 aromatic rings. The lowest BCUT2D eigenvalue weighted by molar-refractivity contribution is -0.139. The number of aromatic nitrogens is 1. The molecule has 1 heterocycles. The minimum atomic E-state index is -3.72. The molecule has 0 fully saturated rings. The van der Waals surface area contributed by atoms with Gasteiger partial charge in [0, 0.05) is 18.2 Å². The van der Waals surface area contributed by atoms with Crippen LogP contribution in [0.15, 0.2) is 18.2 Å². The molecular weight excluding hydrogens is 322 g/mol. The molecule has 0 aliphatic rings. The normalized spacial score (nSPS) is 14.4. The van der Waals surface area contributed by atoms with Gasteiger partial charge in [-0.15, -0.1) is 17.8 Å². The number of carbonyl (C=O) groups is 1. The Morgan fingerprint density at radius 3 is 2.73 bits per heavy atom. The second kappa shape index (κ2) is 5.71. The van der Waals surface area contributed by atoms with Crippen LogP contribution in [0.1, 0.15) is 23.9 Å². The molecule has 0 amide bonds. The molecule has 0 saturated heterocycles. The second-order valence-electron chi connectivity index (χ2n) is 5.24. The van der Waals surface area contributed by atoms with Crippen LogP contribution in [0.4, 0.5) is 0 Å². The van der Waals surface area contributed by atoms with E-state index in [-0.39, 0.29) is 12.8 Å². The Bertz CT molecular complexity index is 877. The Kier molecular flexibility index (Phi) is 4.27. The van der Waals surface area contributed by atoms with E-state index in [1.807, 2.05) is 6.07 Å². The van der Waals surface area contributed by atoms with E-state index in [1.54, 1.807) is 12.1 Å². The minimum absolute atomic E-state index is 0.0248. The van der Waals surface area contributed by atoms with Crippen molar-refractivity contribution in [1.82, 2.24) is 4.98 Å². The Labute approximate surface area is 132 Å². The number of hydrogen-bond donors (Lipinski definition) is 1.